The number of aliphatic carboxylic acids is 1. The van der Waals surface area contributed by atoms with Crippen LogP contribution in [-0.4, -0.2) is 21.6 Å². The predicted octanol–water partition coefficient (Wildman–Crippen LogP) is 1.93. The average Bonchev–Trinajstić information content (AvgIpc) is 2.29. The number of carbonyl (C=O) groups is 1. The Labute approximate surface area is 100 Å². The average molecular weight is 233 g/mol. The first-order valence-electron chi connectivity index (χ1n) is 5.32. The van der Waals surface area contributed by atoms with Gasteiger partial charge >= 0.3 is 5.97 Å². The maximum absolute atomic E-state index is 11.2. The zero-order valence-electron chi connectivity index (χ0n) is 10.1. The Kier molecular flexibility index (Phi) is 3.69. The van der Waals surface area contributed by atoms with Gasteiger partial charge in [-0.3, -0.25) is 0 Å². The Balaban J connectivity index is 3.16. The number of rotatable bonds is 4. The van der Waals surface area contributed by atoms with E-state index in [1.807, 2.05) is 6.07 Å². The van der Waals surface area contributed by atoms with E-state index in [2.05, 4.69) is 10.3 Å². The molecule has 1 unspecified atom stereocenters. The highest BCUT2D eigenvalue weighted by Gasteiger charge is 2.32. The highest BCUT2D eigenvalue weighted by Crippen LogP contribution is 2.22. The van der Waals surface area contributed by atoms with Crippen LogP contribution in [0.4, 0.5) is 5.82 Å². The second kappa shape index (κ2) is 4.83. The van der Waals surface area contributed by atoms with Crippen molar-refractivity contribution in [3.63, 3.8) is 0 Å². The molecule has 0 amide bonds. The van der Waals surface area contributed by atoms with Crippen LogP contribution in [0.15, 0.2) is 12.3 Å². The molecule has 0 saturated carbocycles. The number of hydrogen-bond acceptors (Lipinski definition) is 4. The lowest BCUT2D eigenvalue weighted by Crippen LogP contribution is -2.43. The van der Waals surface area contributed by atoms with Crippen molar-refractivity contribution in [2.75, 3.05) is 5.32 Å². The van der Waals surface area contributed by atoms with E-state index in [0.29, 0.717) is 17.8 Å². The molecule has 0 aliphatic rings. The molecule has 1 aromatic heterocycles. The van der Waals surface area contributed by atoms with E-state index in [1.165, 1.54) is 0 Å². The Morgan fingerprint density at radius 2 is 2.35 bits per heavy atom. The molecule has 0 saturated heterocycles. The van der Waals surface area contributed by atoms with E-state index in [-0.39, 0.29) is 0 Å². The van der Waals surface area contributed by atoms with Gasteiger partial charge in [0.15, 0.2) is 0 Å². The van der Waals surface area contributed by atoms with Crippen LogP contribution in [0, 0.1) is 18.3 Å². The number of hydrogen-bond donors (Lipinski definition) is 2. The van der Waals surface area contributed by atoms with Gasteiger partial charge < -0.3 is 10.4 Å². The topological polar surface area (TPSA) is 86.0 Å². The molecule has 90 valence electrons. The smallest absolute Gasteiger partial charge is 0.329 e. The van der Waals surface area contributed by atoms with Crippen LogP contribution < -0.4 is 5.32 Å². The van der Waals surface area contributed by atoms with E-state index >= 15 is 0 Å². The molecule has 0 aliphatic carbocycles. The third-order valence-electron chi connectivity index (χ3n) is 2.84. The number of anilines is 1. The second-order valence-electron chi connectivity index (χ2n) is 4.08. The molecule has 0 fully saturated rings. The second-order valence-corrected chi connectivity index (χ2v) is 4.08. The predicted molar refractivity (Wildman–Crippen MR) is 63.6 cm³/mol. The fourth-order valence-electron chi connectivity index (χ4n) is 1.35. The summed E-state index contributed by atoms with van der Waals surface area (Å²) < 4.78 is 0. The van der Waals surface area contributed by atoms with Crippen molar-refractivity contribution in [2.24, 2.45) is 0 Å². The molecule has 0 aliphatic heterocycles. The van der Waals surface area contributed by atoms with Crippen molar-refractivity contribution in [3.05, 3.63) is 23.4 Å². The van der Waals surface area contributed by atoms with Gasteiger partial charge in [0.05, 0.1) is 5.56 Å². The minimum atomic E-state index is -1.12. The van der Waals surface area contributed by atoms with E-state index < -0.39 is 11.5 Å². The summed E-state index contributed by atoms with van der Waals surface area (Å²) in [5.41, 5.74) is 0.0362. The maximum Gasteiger partial charge on any atom is 0.329 e. The van der Waals surface area contributed by atoms with Gasteiger partial charge in [-0.25, -0.2) is 9.78 Å². The summed E-state index contributed by atoms with van der Waals surface area (Å²) >= 11 is 0. The lowest BCUT2D eigenvalue weighted by Gasteiger charge is -2.25. The molecule has 0 aromatic carbocycles. The first kappa shape index (κ1) is 13.0. The molecule has 1 aromatic rings. The molecule has 5 heteroatoms. The number of pyridine rings is 1. The van der Waals surface area contributed by atoms with Gasteiger partial charge in [0.25, 0.3) is 0 Å². The van der Waals surface area contributed by atoms with Crippen LogP contribution in [0.25, 0.3) is 0 Å². The summed E-state index contributed by atoms with van der Waals surface area (Å²) in [6.07, 6.45) is 1.94. The summed E-state index contributed by atoms with van der Waals surface area (Å²) in [4.78, 5) is 15.2. The summed E-state index contributed by atoms with van der Waals surface area (Å²) in [6.45, 7) is 5.12. The molecule has 0 radical (unpaired) electrons. The van der Waals surface area contributed by atoms with Crippen molar-refractivity contribution in [3.8, 4) is 6.07 Å². The lowest BCUT2D eigenvalue weighted by molar-refractivity contribution is -0.141. The number of nitriles is 1. The molecule has 1 rings (SSSR count). The number of nitrogens with one attached hydrogen (secondary N) is 1. The van der Waals surface area contributed by atoms with Crippen LogP contribution >= 0.6 is 0 Å². The van der Waals surface area contributed by atoms with Crippen LogP contribution in [0.2, 0.25) is 0 Å². The van der Waals surface area contributed by atoms with Gasteiger partial charge in [0.2, 0.25) is 0 Å². The SMILES string of the molecule is CCC(C)(Nc1nccc(C)c1C#N)C(=O)O. The van der Waals surface area contributed by atoms with Crippen molar-refractivity contribution in [1.29, 1.82) is 5.26 Å². The third-order valence-corrected chi connectivity index (χ3v) is 2.84. The first-order valence-corrected chi connectivity index (χ1v) is 5.32. The summed E-state index contributed by atoms with van der Waals surface area (Å²) in [5, 5.41) is 21.0. The molecule has 5 nitrogen and oxygen atoms in total. The Hall–Kier alpha value is -2.09. The van der Waals surface area contributed by atoms with Crippen LogP contribution in [0.3, 0.4) is 0 Å². The van der Waals surface area contributed by atoms with Gasteiger partial charge in [0, 0.05) is 6.20 Å². The Morgan fingerprint density at radius 1 is 1.71 bits per heavy atom. The van der Waals surface area contributed by atoms with Gasteiger partial charge in [-0.05, 0) is 31.9 Å². The van der Waals surface area contributed by atoms with Crippen LogP contribution in [0.1, 0.15) is 31.4 Å². The highest BCUT2D eigenvalue weighted by atomic mass is 16.4. The van der Waals surface area contributed by atoms with E-state index in [4.69, 9.17) is 10.4 Å². The molecule has 1 atom stereocenters. The largest absolute Gasteiger partial charge is 0.480 e. The molecule has 2 N–H and O–H groups in total. The maximum atomic E-state index is 11.2. The Morgan fingerprint density at radius 3 is 2.82 bits per heavy atom. The van der Waals surface area contributed by atoms with Gasteiger partial charge in [-0.15, -0.1) is 0 Å². The number of aromatic nitrogens is 1. The van der Waals surface area contributed by atoms with E-state index in [1.54, 1.807) is 33.0 Å². The standard InChI is InChI=1S/C12H15N3O2/c1-4-12(3,11(16)17)15-10-9(7-13)8(2)5-6-14-10/h5-6H,4H2,1-3H3,(H,14,15)(H,16,17). The number of aryl methyl sites for hydroxylation is 1. The zero-order chi connectivity index (χ0) is 13.1. The Bertz CT molecular complexity index is 479. The number of nitrogens with zero attached hydrogens (tertiary/aromatic N) is 2. The van der Waals surface area contributed by atoms with Crippen molar-refractivity contribution >= 4 is 11.8 Å². The fraction of sp³-hybridized carbons (Fsp3) is 0.417. The molecule has 17 heavy (non-hydrogen) atoms. The molecule has 0 bridgehead atoms. The molecular formula is C12H15N3O2. The van der Waals surface area contributed by atoms with Crippen molar-refractivity contribution < 1.29 is 9.90 Å². The summed E-state index contributed by atoms with van der Waals surface area (Å²) in [7, 11) is 0. The van der Waals surface area contributed by atoms with Crippen LogP contribution in [-0.2, 0) is 4.79 Å². The van der Waals surface area contributed by atoms with Crippen molar-refractivity contribution in [1.82, 2.24) is 4.98 Å². The van der Waals surface area contributed by atoms with E-state index in [9.17, 15) is 4.79 Å². The van der Waals surface area contributed by atoms with Gasteiger partial charge in [-0.1, -0.05) is 6.92 Å². The zero-order valence-corrected chi connectivity index (χ0v) is 10.1. The minimum absolute atomic E-state index is 0.319. The number of carboxylic acid groups (broad SMARTS) is 1. The summed E-state index contributed by atoms with van der Waals surface area (Å²) in [5.74, 6) is -0.647. The lowest BCUT2D eigenvalue weighted by atomic mass is 9.98. The molecule has 1 heterocycles. The monoisotopic (exact) mass is 233 g/mol. The van der Waals surface area contributed by atoms with Crippen LogP contribution in [0.5, 0.6) is 0 Å². The minimum Gasteiger partial charge on any atom is -0.480 e. The number of carboxylic acids is 1. The third kappa shape index (κ3) is 2.53. The van der Waals surface area contributed by atoms with Gasteiger partial charge in [0.1, 0.15) is 17.4 Å². The first-order chi connectivity index (χ1) is 7.94. The van der Waals surface area contributed by atoms with E-state index in [0.717, 1.165) is 5.56 Å². The molecular weight excluding hydrogens is 218 g/mol. The van der Waals surface area contributed by atoms with Crippen molar-refractivity contribution in [2.45, 2.75) is 32.7 Å². The molecule has 0 spiro atoms. The highest BCUT2D eigenvalue weighted by molar-refractivity contribution is 5.82. The fourth-order valence-corrected chi connectivity index (χ4v) is 1.35. The normalized spacial score (nSPS) is 13.5. The quantitative estimate of drug-likeness (QED) is 0.829. The van der Waals surface area contributed by atoms with Gasteiger partial charge in [-0.2, -0.15) is 5.26 Å². The summed E-state index contributed by atoms with van der Waals surface area (Å²) in [6, 6.07) is 3.75.